The Bertz CT molecular complexity index is 594. The molecule has 0 bridgehead atoms. The lowest BCUT2D eigenvalue weighted by Gasteiger charge is -2.15. The zero-order valence-electron chi connectivity index (χ0n) is 10.8. The molecule has 1 aromatic rings. The molecule has 2 heterocycles. The van der Waals surface area contributed by atoms with Crippen LogP contribution in [0.3, 0.4) is 0 Å². The van der Waals surface area contributed by atoms with Gasteiger partial charge >= 0.3 is 0 Å². The van der Waals surface area contributed by atoms with E-state index in [0.29, 0.717) is 5.95 Å². The molecular weight excluding hydrogens is 268 g/mol. The molecule has 1 atom stereocenters. The van der Waals surface area contributed by atoms with E-state index in [2.05, 4.69) is 9.97 Å². The summed E-state index contributed by atoms with van der Waals surface area (Å²) >= 11 is 0. The minimum Gasteiger partial charge on any atom is -0.280 e. The lowest BCUT2D eigenvalue weighted by molar-refractivity contribution is -0.117. The van der Waals surface area contributed by atoms with E-state index in [1.54, 1.807) is 0 Å². The number of sulfonamides is 1. The number of aryl methyl sites for hydroxylation is 2. The van der Waals surface area contributed by atoms with Crippen molar-refractivity contribution in [1.82, 2.24) is 9.97 Å². The number of nitrogens with two attached hydrogens (primary N) is 1. The maximum absolute atomic E-state index is 11.9. The number of hydrogen-bond acceptors (Lipinski definition) is 5. The highest BCUT2D eigenvalue weighted by Gasteiger charge is 2.34. The van der Waals surface area contributed by atoms with Crippen LogP contribution < -0.4 is 10.0 Å². The fourth-order valence-corrected chi connectivity index (χ4v) is 3.12. The van der Waals surface area contributed by atoms with Crippen molar-refractivity contribution in [3.8, 4) is 0 Å². The van der Waals surface area contributed by atoms with Crippen LogP contribution in [0.1, 0.15) is 17.8 Å². The molecule has 1 fully saturated rings. The van der Waals surface area contributed by atoms with Crippen LogP contribution in [-0.4, -0.2) is 36.6 Å². The summed E-state index contributed by atoms with van der Waals surface area (Å²) in [6.07, 6.45) is 0.160. The normalized spacial score (nSPS) is 20.1. The van der Waals surface area contributed by atoms with Gasteiger partial charge < -0.3 is 0 Å². The van der Waals surface area contributed by atoms with Crippen molar-refractivity contribution >= 4 is 21.9 Å². The van der Waals surface area contributed by atoms with Gasteiger partial charge in [-0.25, -0.2) is 23.5 Å². The summed E-state index contributed by atoms with van der Waals surface area (Å²) < 4.78 is 22.1. The van der Waals surface area contributed by atoms with E-state index in [0.717, 1.165) is 11.4 Å². The minimum absolute atomic E-state index is 0.160. The number of amides is 1. The Morgan fingerprint density at radius 2 is 1.95 bits per heavy atom. The van der Waals surface area contributed by atoms with Crippen LogP contribution in [0.2, 0.25) is 0 Å². The van der Waals surface area contributed by atoms with Gasteiger partial charge in [-0.1, -0.05) is 0 Å². The first-order chi connectivity index (χ1) is 8.74. The van der Waals surface area contributed by atoms with Crippen LogP contribution in [0.25, 0.3) is 0 Å². The molecule has 1 aromatic heterocycles. The first-order valence-corrected chi connectivity index (χ1v) is 7.59. The number of carbonyl (C=O) groups excluding carboxylic acids is 1. The number of hydrogen-bond donors (Lipinski definition) is 1. The highest BCUT2D eigenvalue weighted by atomic mass is 32.2. The van der Waals surface area contributed by atoms with E-state index in [-0.39, 0.29) is 30.5 Å². The molecule has 1 unspecified atom stereocenters. The van der Waals surface area contributed by atoms with Gasteiger partial charge in [0.2, 0.25) is 21.9 Å². The largest absolute Gasteiger partial charge is 0.280 e. The molecule has 0 aliphatic carbocycles. The van der Waals surface area contributed by atoms with Crippen molar-refractivity contribution in [2.45, 2.75) is 20.3 Å². The van der Waals surface area contributed by atoms with E-state index in [4.69, 9.17) is 5.14 Å². The van der Waals surface area contributed by atoms with Crippen LogP contribution in [0.15, 0.2) is 6.07 Å². The zero-order valence-corrected chi connectivity index (χ0v) is 11.6. The summed E-state index contributed by atoms with van der Waals surface area (Å²) in [5.41, 5.74) is 1.54. The Balaban J connectivity index is 2.20. The van der Waals surface area contributed by atoms with Gasteiger partial charge in [-0.05, 0) is 19.9 Å². The molecule has 2 N–H and O–H groups in total. The number of carbonyl (C=O) groups is 1. The van der Waals surface area contributed by atoms with Gasteiger partial charge in [0.15, 0.2) is 0 Å². The maximum atomic E-state index is 11.9. The van der Waals surface area contributed by atoms with Gasteiger partial charge in [-0.3, -0.25) is 9.69 Å². The van der Waals surface area contributed by atoms with Gasteiger partial charge in [0.05, 0.1) is 5.75 Å². The molecule has 19 heavy (non-hydrogen) atoms. The third kappa shape index (κ3) is 3.48. The van der Waals surface area contributed by atoms with Crippen LogP contribution in [0.5, 0.6) is 0 Å². The zero-order chi connectivity index (χ0) is 14.2. The van der Waals surface area contributed by atoms with E-state index in [9.17, 15) is 13.2 Å². The second-order valence-electron chi connectivity index (χ2n) is 4.85. The topological polar surface area (TPSA) is 106 Å². The fourth-order valence-electron chi connectivity index (χ4n) is 2.24. The number of rotatable bonds is 3. The summed E-state index contributed by atoms with van der Waals surface area (Å²) in [5, 5.41) is 5.00. The Labute approximate surface area is 111 Å². The summed E-state index contributed by atoms with van der Waals surface area (Å²) in [6, 6.07) is 1.81. The number of anilines is 1. The van der Waals surface area contributed by atoms with Crippen molar-refractivity contribution < 1.29 is 13.2 Å². The minimum atomic E-state index is -3.57. The molecule has 1 saturated heterocycles. The smallest absolute Gasteiger partial charge is 0.232 e. The highest BCUT2D eigenvalue weighted by Crippen LogP contribution is 2.23. The standard InChI is InChI=1S/C11H16N4O3S/c1-7-3-8(2)14-11(13-7)15-5-9(4-10(15)16)6-19(12,17)18/h3,9H,4-6H2,1-2H3,(H2,12,17,18). The average molecular weight is 284 g/mol. The molecule has 7 nitrogen and oxygen atoms in total. The highest BCUT2D eigenvalue weighted by molar-refractivity contribution is 7.89. The average Bonchev–Trinajstić information content (AvgIpc) is 2.54. The van der Waals surface area contributed by atoms with E-state index in [1.165, 1.54) is 4.90 Å². The van der Waals surface area contributed by atoms with Crippen LogP contribution in [0.4, 0.5) is 5.95 Å². The van der Waals surface area contributed by atoms with Crippen LogP contribution in [0, 0.1) is 19.8 Å². The van der Waals surface area contributed by atoms with E-state index in [1.807, 2.05) is 19.9 Å². The first kappa shape index (κ1) is 13.9. The van der Waals surface area contributed by atoms with Gasteiger partial charge in [0, 0.05) is 30.3 Å². The van der Waals surface area contributed by atoms with Crippen LogP contribution >= 0.6 is 0 Å². The molecule has 1 aliphatic rings. The molecular formula is C11H16N4O3S. The molecule has 1 aliphatic heterocycles. The Hall–Kier alpha value is -1.54. The molecule has 0 radical (unpaired) electrons. The van der Waals surface area contributed by atoms with Crippen LogP contribution in [-0.2, 0) is 14.8 Å². The van der Waals surface area contributed by atoms with Crippen molar-refractivity contribution in [3.05, 3.63) is 17.5 Å². The fraction of sp³-hybridized carbons (Fsp3) is 0.545. The third-order valence-electron chi connectivity index (χ3n) is 2.89. The Kier molecular flexibility index (Phi) is 3.55. The lowest BCUT2D eigenvalue weighted by atomic mass is 10.1. The SMILES string of the molecule is Cc1cc(C)nc(N2CC(CS(N)(=O)=O)CC2=O)n1. The molecule has 8 heteroatoms. The first-order valence-electron chi connectivity index (χ1n) is 5.88. The third-order valence-corrected chi connectivity index (χ3v) is 3.82. The van der Waals surface area contributed by atoms with Gasteiger partial charge in [-0.15, -0.1) is 0 Å². The summed E-state index contributed by atoms with van der Waals surface area (Å²) in [7, 11) is -3.57. The van der Waals surface area contributed by atoms with Crippen molar-refractivity contribution in [3.63, 3.8) is 0 Å². The molecule has 0 saturated carbocycles. The Morgan fingerprint density at radius 1 is 1.37 bits per heavy atom. The Morgan fingerprint density at radius 3 is 2.47 bits per heavy atom. The molecule has 0 aromatic carbocycles. The van der Waals surface area contributed by atoms with Gasteiger partial charge in [0.25, 0.3) is 0 Å². The second-order valence-corrected chi connectivity index (χ2v) is 6.51. The molecule has 104 valence electrons. The molecule has 0 spiro atoms. The summed E-state index contributed by atoms with van der Waals surface area (Å²) in [6.45, 7) is 3.93. The number of aromatic nitrogens is 2. The van der Waals surface area contributed by atoms with Crippen molar-refractivity contribution in [2.24, 2.45) is 11.1 Å². The molecule has 2 rings (SSSR count). The van der Waals surface area contributed by atoms with Gasteiger partial charge in [0.1, 0.15) is 0 Å². The number of nitrogens with zero attached hydrogens (tertiary/aromatic N) is 3. The van der Waals surface area contributed by atoms with E-state index >= 15 is 0 Å². The predicted molar refractivity (Wildman–Crippen MR) is 69.9 cm³/mol. The number of primary sulfonamides is 1. The second kappa shape index (κ2) is 4.86. The monoisotopic (exact) mass is 284 g/mol. The van der Waals surface area contributed by atoms with Crippen molar-refractivity contribution in [1.29, 1.82) is 0 Å². The maximum Gasteiger partial charge on any atom is 0.232 e. The van der Waals surface area contributed by atoms with Crippen molar-refractivity contribution in [2.75, 3.05) is 17.2 Å². The predicted octanol–water partition coefficient (Wildman–Crippen LogP) is -0.265. The molecule has 1 amide bonds. The lowest BCUT2D eigenvalue weighted by Crippen LogP contribution is -2.29. The summed E-state index contributed by atoms with van der Waals surface area (Å²) in [5.74, 6) is -0.329. The quantitative estimate of drug-likeness (QED) is 0.822. The summed E-state index contributed by atoms with van der Waals surface area (Å²) in [4.78, 5) is 21.8. The van der Waals surface area contributed by atoms with E-state index < -0.39 is 10.0 Å². The van der Waals surface area contributed by atoms with Gasteiger partial charge in [-0.2, -0.15) is 0 Å².